The van der Waals surface area contributed by atoms with E-state index < -0.39 is 0 Å². The van der Waals surface area contributed by atoms with Crippen LogP contribution < -0.4 is 10.6 Å². The minimum atomic E-state index is 0.667. The number of aromatic nitrogens is 1. The first kappa shape index (κ1) is 19.5. The van der Waals surface area contributed by atoms with Crippen LogP contribution in [0.4, 0.5) is 0 Å². The third-order valence-electron chi connectivity index (χ3n) is 5.11. The second kappa shape index (κ2) is 10.8. The summed E-state index contributed by atoms with van der Waals surface area (Å²) in [7, 11) is 0. The summed E-state index contributed by atoms with van der Waals surface area (Å²) < 4.78 is 2.18. The first-order valence-corrected chi connectivity index (χ1v) is 10.2. The Bertz CT molecular complexity index is 665. The maximum Gasteiger partial charge on any atom is 0.191 e. The molecule has 3 rings (SSSR count). The van der Waals surface area contributed by atoms with Crippen LogP contribution in [0.5, 0.6) is 0 Å². The number of hydrogen-bond acceptors (Lipinski definition) is 2. The lowest BCUT2D eigenvalue weighted by molar-refractivity contribution is 0.329. The normalized spacial score (nSPS) is 18.0. The maximum atomic E-state index is 4.83. The molecule has 0 bridgehead atoms. The van der Waals surface area contributed by atoms with E-state index in [1.807, 2.05) is 0 Å². The summed E-state index contributed by atoms with van der Waals surface area (Å²) in [6.07, 6.45) is 6.57. The third kappa shape index (κ3) is 6.75. The van der Waals surface area contributed by atoms with Crippen molar-refractivity contribution in [2.45, 2.75) is 26.3 Å². The number of nitrogens with zero attached hydrogens (tertiary/aromatic N) is 3. The molecule has 1 atom stereocenters. The molecule has 5 nitrogen and oxygen atoms in total. The third-order valence-corrected chi connectivity index (χ3v) is 5.11. The van der Waals surface area contributed by atoms with Gasteiger partial charge in [0.1, 0.15) is 0 Å². The van der Waals surface area contributed by atoms with E-state index in [-0.39, 0.29) is 0 Å². The molecular weight excluding hydrogens is 334 g/mol. The van der Waals surface area contributed by atoms with Crippen molar-refractivity contribution in [3.8, 4) is 0 Å². The van der Waals surface area contributed by atoms with Crippen LogP contribution in [0.3, 0.4) is 0 Å². The van der Waals surface area contributed by atoms with Crippen LogP contribution in [0.25, 0.3) is 0 Å². The molecule has 1 fully saturated rings. The van der Waals surface area contributed by atoms with E-state index in [0.717, 1.165) is 45.1 Å². The molecule has 2 aromatic rings. The van der Waals surface area contributed by atoms with E-state index in [2.05, 4.69) is 81.9 Å². The van der Waals surface area contributed by atoms with Crippen molar-refractivity contribution in [3.63, 3.8) is 0 Å². The summed E-state index contributed by atoms with van der Waals surface area (Å²) in [5, 5.41) is 6.81. The van der Waals surface area contributed by atoms with Crippen molar-refractivity contribution in [1.29, 1.82) is 0 Å². The van der Waals surface area contributed by atoms with E-state index in [0.29, 0.717) is 5.92 Å². The highest BCUT2D eigenvalue weighted by atomic mass is 15.2. The predicted octanol–water partition coefficient (Wildman–Crippen LogP) is 2.61. The van der Waals surface area contributed by atoms with Gasteiger partial charge in [-0.05, 0) is 49.9 Å². The fourth-order valence-electron chi connectivity index (χ4n) is 3.58. The molecule has 0 amide bonds. The average molecular weight is 368 g/mol. The summed E-state index contributed by atoms with van der Waals surface area (Å²) in [4.78, 5) is 7.41. The van der Waals surface area contributed by atoms with Gasteiger partial charge in [0.2, 0.25) is 0 Å². The van der Waals surface area contributed by atoms with E-state index >= 15 is 0 Å². The van der Waals surface area contributed by atoms with Crippen LogP contribution in [-0.2, 0) is 13.0 Å². The number of guanidine groups is 1. The quantitative estimate of drug-likeness (QED) is 0.529. The van der Waals surface area contributed by atoms with E-state index in [4.69, 9.17) is 4.99 Å². The summed E-state index contributed by atoms with van der Waals surface area (Å²) in [6.45, 7) is 9.26. The Balaban J connectivity index is 1.38. The van der Waals surface area contributed by atoms with Crippen molar-refractivity contribution >= 4 is 5.96 Å². The predicted molar refractivity (Wildman–Crippen MR) is 113 cm³/mol. The van der Waals surface area contributed by atoms with E-state index in [9.17, 15) is 0 Å². The van der Waals surface area contributed by atoms with Crippen molar-refractivity contribution in [1.82, 2.24) is 20.1 Å². The van der Waals surface area contributed by atoms with Gasteiger partial charge in [-0.15, -0.1) is 0 Å². The molecule has 2 heterocycles. The average Bonchev–Trinajstić information content (AvgIpc) is 3.37. The molecule has 1 aliphatic rings. The standard InChI is InChI=1S/C22H33N5/c1-2-23-22(24-12-17-26-13-6-7-14-26)25-18-21-11-16-27(19-21)15-10-20-8-4-3-5-9-20/h3-9,13-14,21H,2,10-12,15-19H2,1H3,(H2,23,24,25). The number of hydrogen-bond donors (Lipinski definition) is 2. The zero-order valence-corrected chi connectivity index (χ0v) is 16.5. The second-order valence-electron chi connectivity index (χ2n) is 7.26. The molecule has 1 aromatic heterocycles. The van der Waals surface area contributed by atoms with Crippen LogP contribution >= 0.6 is 0 Å². The van der Waals surface area contributed by atoms with Gasteiger partial charge in [-0.1, -0.05) is 30.3 Å². The van der Waals surface area contributed by atoms with Gasteiger partial charge in [-0.2, -0.15) is 0 Å². The van der Waals surface area contributed by atoms with Gasteiger partial charge in [0.25, 0.3) is 0 Å². The molecule has 1 unspecified atom stereocenters. The van der Waals surface area contributed by atoms with Crippen molar-refractivity contribution < 1.29 is 0 Å². The fraction of sp³-hybridized carbons (Fsp3) is 0.500. The molecule has 1 saturated heterocycles. The zero-order chi connectivity index (χ0) is 18.7. The van der Waals surface area contributed by atoms with Gasteiger partial charge in [0.15, 0.2) is 5.96 Å². The summed E-state index contributed by atoms with van der Waals surface area (Å²) in [6, 6.07) is 14.9. The van der Waals surface area contributed by atoms with Crippen LogP contribution in [0, 0.1) is 5.92 Å². The molecule has 0 radical (unpaired) electrons. The Labute approximate surface area is 163 Å². The molecule has 1 aromatic carbocycles. The Morgan fingerprint density at radius 2 is 1.89 bits per heavy atom. The minimum absolute atomic E-state index is 0.667. The van der Waals surface area contributed by atoms with Gasteiger partial charge < -0.3 is 20.1 Å². The minimum Gasteiger partial charge on any atom is -0.357 e. The Morgan fingerprint density at radius 3 is 2.67 bits per heavy atom. The molecule has 5 heteroatoms. The first-order valence-electron chi connectivity index (χ1n) is 10.2. The van der Waals surface area contributed by atoms with Gasteiger partial charge in [0, 0.05) is 51.7 Å². The van der Waals surface area contributed by atoms with E-state index in [1.54, 1.807) is 0 Å². The summed E-state index contributed by atoms with van der Waals surface area (Å²) in [5.74, 6) is 1.60. The van der Waals surface area contributed by atoms with Crippen molar-refractivity contribution in [2.24, 2.45) is 10.9 Å². The molecule has 0 aliphatic carbocycles. The number of likely N-dealkylation sites (tertiary alicyclic amines) is 1. The van der Waals surface area contributed by atoms with Crippen LogP contribution in [-0.4, -0.2) is 54.7 Å². The van der Waals surface area contributed by atoms with Crippen LogP contribution in [0.15, 0.2) is 59.9 Å². The highest BCUT2D eigenvalue weighted by molar-refractivity contribution is 5.79. The highest BCUT2D eigenvalue weighted by Gasteiger charge is 2.21. The lowest BCUT2D eigenvalue weighted by Crippen LogP contribution is -2.39. The van der Waals surface area contributed by atoms with Crippen molar-refractivity contribution in [2.75, 3.05) is 39.3 Å². The summed E-state index contributed by atoms with van der Waals surface area (Å²) >= 11 is 0. The molecule has 0 saturated carbocycles. The molecule has 146 valence electrons. The Morgan fingerprint density at radius 1 is 1.07 bits per heavy atom. The topological polar surface area (TPSA) is 44.6 Å². The molecular formula is C22H33N5. The van der Waals surface area contributed by atoms with Crippen LogP contribution in [0.1, 0.15) is 18.9 Å². The summed E-state index contributed by atoms with van der Waals surface area (Å²) in [5.41, 5.74) is 1.43. The Hall–Kier alpha value is -2.27. The van der Waals surface area contributed by atoms with Crippen molar-refractivity contribution in [3.05, 3.63) is 60.4 Å². The number of nitrogens with one attached hydrogen (secondary N) is 2. The highest BCUT2D eigenvalue weighted by Crippen LogP contribution is 2.17. The van der Waals surface area contributed by atoms with Gasteiger partial charge in [-0.3, -0.25) is 4.99 Å². The number of benzene rings is 1. The second-order valence-corrected chi connectivity index (χ2v) is 7.26. The molecule has 27 heavy (non-hydrogen) atoms. The number of aliphatic imine (C=N–C) groups is 1. The lowest BCUT2D eigenvalue weighted by Gasteiger charge is -2.16. The van der Waals surface area contributed by atoms with Gasteiger partial charge >= 0.3 is 0 Å². The first-order chi connectivity index (χ1) is 13.3. The van der Waals surface area contributed by atoms with Gasteiger partial charge in [0.05, 0.1) is 0 Å². The molecule has 1 aliphatic heterocycles. The lowest BCUT2D eigenvalue weighted by atomic mass is 10.1. The SMILES string of the molecule is CCNC(=NCC1CCN(CCc2ccccc2)C1)NCCn1cccc1. The van der Waals surface area contributed by atoms with Gasteiger partial charge in [-0.25, -0.2) is 0 Å². The largest absolute Gasteiger partial charge is 0.357 e. The maximum absolute atomic E-state index is 4.83. The zero-order valence-electron chi connectivity index (χ0n) is 16.5. The van der Waals surface area contributed by atoms with Crippen LogP contribution in [0.2, 0.25) is 0 Å². The monoisotopic (exact) mass is 367 g/mol. The molecule has 2 N–H and O–H groups in total. The smallest absolute Gasteiger partial charge is 0.191 e. The number of rotatable bonds is 9. The molecule has 0 spiro atoms. The van der Waals surface area contributed by atoms with E-state index in [1.165, 1.54) is 25.1 Å². The fourth-order valence-corrected chi connectivity index (χ4v) is 3.58. The Kier molecular flexibility index (Phi) is 7.78.